The van der Waals surface area contributed by atoms with Crippen molar-refractivity contribution >= 4 is 47.0 Å². The van der Waals surface area contributed by atoms with E-state index in [0.29, 0.717) is 16.5 Å². The third-order valence-corrected chi connectivity index (χ3v) is 3.78. The van der Waals surface area contributed by atoms with Crippen molar-refractivity contribution in [3.8, 4) is 0 Å². The number of halogens is 1. The van der Waals surface area contributed by atoms with Crippen molar-refractivity contribution < 1.29 is 9.59 Å². The standard InChI is InChI=1S/C13H14ClN7O2S/c14-9-3-1-2-8(4-9)10(19-20-12(15)23)5-24-6-11(22)18-13-16-7-17-21-13/h1-4,7H,5-6H2,(H3,15,20,23)(H2,16,17,18,21,22)/b19-10-. The largest absolute Gasteiger partial charge is 0.350 e. The number of aromatic nitrogens is 3. The minimum Gasteiger partial charge on any atom is -0.350 e. The first-order chi connectivity index (χ1) is 11.5. The van der Waals surface area contributed by atoms with Gasteiger partial charge in [0.2, 0.25) is 11.9 Å². The van der Waals surface area contributed by atoms with E-state index in [9.17, 15) is 9.59 Å². The summed E-state index contributed by atoms with van der Waals surface area (Å²) in [6.07, 6.45) is 1.29. The summed E-state index contributed by atoms with van der Waals surface area (Å²) in [6, 6.07) is 6.21. The van der Waals surface area contributed by atoms with Gasteiger partial charge in [0.1, 0.15) is 6.33 Å². The molecule has 0 atom stereocenters. The molecule has 0 radical (unpaired) electrons. The molecule has 5 N–H and O–H groups in total. The number of hydrazone groups is 1. The molecule has 0 bridgehead atoms. The molecule has 9 nitrogen and oxygen atoms in total. The molecule has 3 amide bonds. The van der Waals surface area contributed by atoms with Gasteiger partial charge in [-0.25, -0.2) is 15.3 Å². The molecule has 126 valence electrons. The Morgan fingerprint density at radius 1 is 1.38 bits per heavy atom. The highest BCUT2D eigenvalue weighted by molar-refractivity contribution is 8.00. The van der Waals surface area contributed by atoms with Crippen LogP contribution in [0.5, 0.6) is 0 Å². The Balaban J connectivity index is 1.94. The van der Waals surface area contributed by atoms with Crippen LogP contribution in [0.3, 0.4) is 0 Å². The second-order valence-electron chi connectivity index (χ2n) is 4.42. The number of thioether (sulfide) groups is 1. The van der Waals surface area contributed by atoms with Crippen molar-refractivity contribution in [3.05, 3.63) is 41.2 Å². The predicted octanol–water partition coefficient (Wildman–Crippen LogP) is 1.20. The normalized spacial score (nSPS) is 11.1. The van der Waals surface area contributed by atoms with Gasteiger partial charge in [0.25, 0.3) is 0 Å². The predicted molar refractivity (Wildman–Crippen MR) is 93.0 cm³/mol. The number of nitrogens with two attached hydrogens (primary N) is 1. The summed E-state index contributed by atoms with van der Waals surface area (Å²) in [6.45, 7) is 0. The minimum atomic E-state index is -0.775. The third-order valence-electron chi connectivity index (χ3n) is 2.60. The average molecular weight is 368 g/mol. The lowest BCUT2D eigenvalue weighted by Crippen LogP contribution is -2.26. The Kier molecular flexibility index (Phi) is 6.58. The van der Waals surface area contributed by atoms with Gasteiger partial charge in [0, 0.05) is 16.3 Å². The monoisotopic (exact) mass is 367 g/mol. The van der Waals surface area contributed by atoms with Crippen LogP contribution in [0.1, 0.15) is 5.56 Å². The van der Waals surface area contributed by atoms with Crippen molar-refractivity contribution in [2.24, 2.45) is 10.8 Å². The summed E-state index contributed by atoms with van der Waals surface area (Å²) < 4.78 is 0. The first-order valence-corrected chi connectivity index (χ1v) is 8.19. The van der Waals surface area contributed by atoms with Crippen LogP contribution in [-0.4, -0.2) is 44.3 Å². The number of H-pyrrole nitrogens is 1. The molecule has 24 heavy (non-hydrogen) atoms. The number of nitrogens with zero attached hydrogens (tertiary/aromatic N) is 3. The van der Waals surface area contributed by atoms with Gasteiger partial charge in [-0.1, -0.05) is 23.7 Å². The highest BCUT2D eigenvalue weighted by atomic mass is 35.5. The average Bonchev–Trinajstić information content (AvgIpc) is 3.03. The number of hydrogen-bond acceptors (Lipinski definition) is 6. The van der Waals surface area contributed by atoms with Crippen LogP contribution >= 0.6 is 23.4 Å². The van der Waals surface area contributed by atoms with Crippen LogP contribution < -0.4 is 16.5 Å². The van der Waals surface area contributed by atoms with E-state index in [0.717, 1.165) is 5.56 Å². The molecule has 2 aromatic rings. The number of urea groups is 1. The summed E-state index contributed by atoms with van der Waals surface area (Å²) >= 11 is 7.26. The molecule has 1 aromatic carbocycles. The van der Waals surface area contributed by atoms with E-state index in [4.69, 9.17) is 17.3 Å². The lowest BCUT2D eigenvalue weighted by molar-refractivity contribution is -0.113. The lowest BCUT2D eigenvalue weighted by Gasteiger charge is -2.07. The number of carbonyl (C=O) groups excluding carboxylic acids is 2. The van der Waals surface area contributed by atoms with E-state index < -0.39 is 6.03 Å². The first kappa shape index (κ1) is 17.8. The van der Waals surface area contributed by atoms with Crippen molar-refractivity contribution in [2.45, 2.75) is 0 Å². The van der Waals surface area contributed by atoms with Crippen LogP contribution in [0.25, 0.3) is 0 Å². The Labute approximate surface area is 146 Å². The van der Waals surface area contributed by atoms with Gasteiger partial charge in [-0.3, -0.25) is 10.1 Å². The molecule has 0 unspecified atom stereocenters. The van der Waals surface area contributed by atoms with Crippen LogP contribution in [0, 0.1) is 0 Å². The van der Waals surface area contributed by atoms with Gasteiger partial charge in [-0.2, -0.15) is 15.2 Å². The van der Waals surface area contributed by atoms with Gasteiger partial charge < -0.3 is 5.73 Å². The molecular weight excluding hydrogens is 354 g/mol. The summed E-state index contributed by atoms with van der Waals surface area (Å²) in [7, 11) is 0. The molecule has 0 spiro atoms. The maximum absolute atomic E-state index is 11.8. The zero-order chi connectivity index (χ0) is 17.4. The Morgan fingerprint density at radius 2 is 2.21 bits per heavy atom. The fourth-order valence-electron chi connectivity index (χ4n) is 1.64. The number of primary amides is 1. The fraction of sp³-hybridized carbons (Fsp3) is 0.154. The SMILES string of the molecule is NC(=O)N/N=C(/CSCC(=O)Nc1ncn[nH]1)c1cccc(Cl)c1. The lowest BCUT2D eigenvalue weighted by atomic mass is 10.1. The molecule has 0 fully saturated rings. The van der Waals surface area contributed by atoms with Crippen LogP contribution in [0.15, 0.2) is 35.7 Å². The second kappa shape index (κ2) is 8.89. The topological polar surface area (TPSA) is 138 Å². The maximum atomic E-state index is 11.8. The van der Waals surface area contributed by atoms with E-state index in [2.05, 4.69) is 31.0 Å². The molecule has 0 aliphatic rings. The van der Waals surface area contributed by atoms with Crippen molar-refractivity contribution in [1.82, 2.24) is 20.6 Å². The summed E-state index contributed by atoms with van der Waals surface area (Å²) in [5.74, 6) is 0.561. The van der Waals surface area contributed by atoms with E-state index in [1.54, 1.807) is 24.3 Å². The van der Waals surface area contributed by atoms with Crippen molar-refractivity contribution in [2.75, 3.05) is 16.8 Å². The van der Waals surface area contributed by atoms with Gasteiger partial charge in [0.05, 0.1) is 11.5 Å². The van der Waals surface area contributed by atoms with E-state index in [1.807, 2.05) is 0 Å². The van der Waals surface area contributed by atoms with Crippen LogP contribution in [0.4, 0.5) is 10.7 Å². The quantitative estimate of drug-likeness (QED) is 0.430. The van der Waals surface area contributed by atoms with Crippen LogP contribution in [-0.2, 0) is 4.79 Å². The Hall–Kier alpha value is -2.59. The first-order valence-electron chi connectivity index (χ1n) is 6.65. The highest BCUT2D eigenvalue weighted by Gasteiger charge is 2.09. The summed E-state index contributed by atoms with van der Waals surface area (Å²) in [5, 5.41) is 13.2. The number of rotatable bonds is 7. The Morgan fingerprint density at radius 3 is 2.88 bits per heavy atom. The number of benzene rings is 1. The number of nitrogens with one attached hydrogen (secondary N) is 3. The van der Waals surface area contributed by atoms with Gasteiger partial charge in [-0.05, 0) is 12.1 Å². The molecule has 1 aromatic heterocycles. The van der Waals surface area contributed by atoms with Gasteiger partial charge in [0.15, 0.2) is 0 Å². The van der Waals surface area contributed by atoms with E-state index >= 15 is 0 Å². The zero-order valence-electron chi connectivity index (χ0n) is 12.3. The number of aromatic amines is 1. The van der Waals surface area contributed by atoms with Crippen LogP contribution in [0.2, 0.25) is 5.02 Å². The maximum Gasteiger partial charge on any atom is 0.332 e. The zero-order valence-corrected chi connectivity index (χ0v) is 13.9. The Bertz CT molecular complexity index is 736. The van der Waals surface area contributed by atoms with E-state index in [-0.39, 0.29) is 17.6 Å². The molecule has 0 aliphatic carbocycles. The molecular formula is C13H14ClN7O2S. The number of carbonyl (C=O) groups is 2. The summed E-state index contributed by atoms with van der Waals surface area (Å²) in [5.41, 5.74) is 8.47. The van der Waals surface area contributed by atoms with Crippen molar-refractivity contribution in [1.29, 1.82) is 0 Å². The smallest absolute Gasteiger partial charge is 0.332 e. The molecule has 2 rings (SSSR count). The van der Waals surface area contributed by atoms with Gasteiger partial charge in [-0.15, -0.1) is 11.8 Å². The van der Waals surface area contributed by atoms with Gasteiger partial charge >= 0.3 is 6.03 Å². The molecule has 0 aliphatic heterocycles. The number of hydrogen-bond donors (Lipinski definition) is 4. The highest BCUT2D eigenvalue weighted by Crippen LogP contribution is 2.14. The second-order valence-corrected chi connectivity index (χ2v) is 5.84. The molecule has 0 saturated carbocycles. The van der Waals surface area contributed by atoms with Crippen molar-refractivity contribution in [3.63, 3.8) is 0 Å². The summed E-state index contributed by atoms with van der Waals surface area (Å²) in [4.78, 5) is 26.4. The minimum absolute atomic E-state index is 0.164. The number of anilines is 1. The fourth-order valence-corrected chi connectivity index (χ4v) is 2.62. The molecule has 0 saturated heterocycles. The third kappa shape index (κ3) is 5.89. The molecule has 11 heteroatoms. The van der Waals surface area contributed by atoms with E-state index in [1.165, 1.54) is 18.1 Å². The number of amides is 3. The molecule has 1 heterocycles.